The number of hydrogen-bond donors (Lipinski definition) is 1. The molecule has 35 heavy (non-hydrogen) atoms. The maximum Gasteiger partial charge on any atom is 0.534 e. The molecule has 3 heterocycles. The third-order valence-corrected chi connectivity index (χ3v) is 9.98. The molecule has 1 aromatic carbocycles. The Morgan fingerprint density at radius 2 is 1.89 bits per heavy atom. The molecule has 1 aromatic rings. The summed E-state index contributed by atoms with van der Waals surface area (Å²) in [7, 11) is -5.91. The van der Waals surface area contributed by atoms with Gasteiger partial charge in [-0.15, -0.1) is 0 Å². The van der Waals surface area contributed by atoms with Crippen LogP contribution in [0.1, 0.15) is 43.2 Å². The lowest BCUT2D eigenvalue weighted by atomic mass is 9.48. The predicted molar refractivity (Wildman–Crippen MR) is 113 cm³/mol. The first kappa shape index (κ1) is 22.6. The molecule has 8 nitrogen and oxygen atoms in total. The van der Waals surface area contributed by atoms with Crippen molar-refractivity contribution in [1.82, 2.24) is 4.90 Å². The zero-order valence-corrected chi connectivity index (χ0v) is 19.7. The normalized spacial score (nSPS) is 37.3. The molecule has 12 heteroatoms. The van der Waals surface area contributed by atoms with E-state index in [0.29, 0.717) is 56.9 Å². The number of fused-ring (bicyclic) bond motifs is 1. The van der Waals surface area contributed by atoms with Crippen molar-refractivity contribution >= 4 is 10.1 Å². The van der Waals surface area contributed by atoms with E-state index in [4.69, 9.17) is 14.2 Å². The average molecular weight is 518 g/mol. The van der Waals surface area contributed by atoms with E-state index in [1.165, 1.54) is 18.9 Å². The molecule has 4 fully saturated rings. The number of piperidine rings is 1. The van der Waals surface area contributed by atoms with E-state index in [1.807, 2.05) is 0 Å². The van der Waals surface area contributed by atoms with Crippen LogP contribution >= 0.6 is 0 Å². The molecule has 3 aliphatic carbocycles. The SMILES string of the molecule is O=S(=O)(Oc1ccc2c3c1O[C@H]1C4(CC[C@@]5(O)[C@@H](C2)N(CC2CC2)CC[C@]315)OCCO4)C(F)(F)F. The van der Waals surface area contributed by atoms with Gasteiger partial charge in [0.05, 0.1) is 24.2 Å². The first-order chi connectivity index (χ1) is 16.5. The fourth-order valence-electron chi connectivity index (χ4n) is 7.43. The Kier molecular flexibility index (Phi) is 4.41. The van der Waals surface area contributed by atoms with Gasteiger partial charge in [-0.05, 0) is 56.2 Å². The van der Waals surface area contributed by atoms with E-state index < -0.39 is 44.3 Å². The van der Waals surface area contributed by atoms with E-state index >= 15 is 0 Å². The van der Waals surface area contributed by atoms with Crippen molar-refractivity contribution < 1.29 is 45.1 Å². The maximum absolute atomic E-state index is 13.1. The fourth-order valence-corrected chi connectivity index (χ4v) is 7.89. The molecule has 0 radical (unpaired) electrons. The Morgan fingerprint density at radius 3 is 2.57 bits per heavy atom. The molecule has 192 valence electrons. The van der Waals surface area contributed by atoms with Crippen LogP contribution in [0.5, 0.6) is 11.5 Å². The smallest absolute Gasteiger partial charge is 0.479 e. The van der Waals surface area contributed by atoms with Crippen LogP contribution < -0.4 is 8.92 Å². The summed E-state index contributed by atoms with van der Waals surface area (Å²) in [5.74, 6) is -1.13. The number of benzene rings is 1. The van der Waals surface area contributed by atoms with Gasteiger partial charge in [-0.1, -0.05) is 6.07 Å². The molecular weight excluding hydrogens is 491 g/mol. The largest absolute Gasteiger partial charge is 0.534 e. The molecule has 3 aliphatic heterocycles. The third-order valence-electron chi connectivity index (χ3n) is 9.01. The van der Waals surface area contributed by atoms with Gasteiger partial charge in [-0.3, -0.25) is 4.90 Å². The molecule has 1 N–H and O–H groups in total. The Morgan fingerprint density at radius 1 is 1.14 bits per heavy atom. The molecule has 2 bridgehead atoms. The molecule has 2 saturated carbocycles. The third kappa shape index (κ3) is 2.80. The van der Waals surface area contributed by atoms with E-state index in [-0.39, 0.29) is 11.8 Å². The molecule has 0 aromatic heterocycles. The van der Waals surface area contributed by atoms with Crippen LogP contribution in [0.2, 0.25) is 0 Å². The summed E-state index contributed by atoms with van der Waals surface area (Å²) in [6.45, 7) is 2.26. The molecule has 4 atom stereocenters. The van der Waals surface area contributed by atoms with Crippen LogP contribution in [0, 0.1) is 5.92 Å². The maximum atomic E-state index is 13.1. The van der Waals surface area contributed by atoms with Crippen LogP contribution in [0.15, 0.2) is 12.1 Å². The predicted octanol–water partition coefficient (Wildman–Crippen LogP) is 2.22. The highest BCUT2D eigenvalue weighted by molar-refractivity contribution is 7.88. The van der Waals surface area contributed by atoms with E-state index in [9.17, 15) is 26.7 Å². The van der Waals surface area contributed by atoms with Gasteiger partial charge in [0.25, 0.3) is 0 Å². The number of ether oxygens (including phenoxy) is 3. The Hall–Kier alpha value is -1.60. The number of rotatable bonds is 4. The van der Waals surface area contributed by atoms with Crippen molar-refractivity contribution in [2.24, 2.45) is 5.92 Å². The Balaban J connectivity index is 1.40. The van der Waals surface area contributed by atoms with E-state index in [0.717, 1.165) is 12.1 Å². The molecule has 0 amide bonds. The monoisotopic (exact) mass is 517 g/mol. The number of halogens is 3. The summed E-state index contributed by atoms with van der Waals surface area (Å²) in [5, 5.41) is 12.4. The topological polar surface area (TPSA) is 94.5 Å². The van der Waals surface area contributed by atoms with Crippen molar-refractivity contribution in [3.63, 3.8) is 0 Å². The van der Waals surface area contributed by atoms with Crippen molar-refractivity contribution in [2.45, 2.75) is 73.0 Å². The van der Waals surface area contributed by atoms with E-state index in [1.54, 1.807) is 6.07 Å². The second kappa shape index (κ2) is 6.83. The lowest BCUT2D eigenvalue weighted by molar-refractivity contribution is -0.296. The number of aliphatic hydroxyl groups is 1. The van der Waals surface area contributed by atoms with Gasteiger partial charge in [0.15, 0.2) is 17.6 Å². The Labute approximate surface area is 200 Å². The summed E-state index contributed by atoms with van der Waals surface area (Å²) >= 11 is 0. The fraction of sp³-hybridized carbons (Fsp3) is 0.739. The van der Waals surface area contributed by atoms with E-state index in [2.05, 4.69) is 9.08 Å². The lowest BCUT2D eigenvalue weighted by Gasteiger charge is -2.65. The molecular formula is C23H26F3NO7S. The Bertz CT molecular complexity index is 1200. The van der Waals surface area contributed by atoms with Crippen molar-refractivity contribution in [2.75, 3.05) is 26.3 Å². The second-order valence-corrected chi connectivity index (χ2v) is 12.3. The lowest BCUT2D eigenvalue weighted by Crippen LogP contribution is -2.79. The van der Waals surface area contributed by atoms with Gasteiger partial charge in [-0.25, -0.2) is 0 Å². The average Bonchev–Trinajstić information content (AvgIpc) is 3.34. The van der Waals surface area contributed by atoms with Gasteiger partial charge in [0.2, 0.25) is 5.79 Å². The van der Waals surface area contributed by atoms with Crippen LogP contribution in [-0.4, -0.2) is 73.8 Å². The number of nitrogens with zero attached hydrogens (tertiary/aromatic N) is 1. The van der Waals surface area contributed by atoms with Gasteiger partial charge in [0.1, 0.15) is 0 Å². The van der Waals surface area contributed by atoms with Gasteiger partial charge in [0, 0.05) is 24.6 Å². The molecule has 2 saturated heterocycles. The second-order valence-electron chi connectivity index (χ2n) is 10.7. The minimum atomic E-state index is -5.91. The molecule has 7 rings (SSSR count). The zero-order valence-electron chi connectivity index (χ0n) is 18.8. The number of alkyl halides is 3. The van der Waals surface area contributed by atoms with Gasteiger partial charge >= 0.3 is 15.6 Å². The summed E-state index contributed by atoms with van der Waals surface area (Å²) in [6.07, 6.45) is 3.24. The minimum Gasteiger partial charge on any atom is -0.479 e. The summed E-state index contributed by atoms with van der Waals surface area (Å²) < 4.78 is 86.1. The van der Waals surface area contributed by atoms with Crippen LogP contribution in [0.4, 0.5) is 13.2 Å². The number of likely N-dealkylation sites (tertiary alicyclic amines) is 1. The molecule has 0 unspecified atom stereocenters. The van der Waals surface area contributed by atoms with Gasteiger partial charge < -0.3 is 23.5 Å². The highest BCUT2D eigenvalue weighted by atomic mass is 32.2. The van der Waals surface area contributed by atoms with Crippen LogP contribution in [-0.2, 0) is 31.4 Å². The standard InChI is InChI=1S/C23H26F3NO7S/c24-23(25,26)35(29,30)34-15-4-3-14-11-16-21(28)5-6-22(31-9-10-32-22)19-20(21,17(14)18(15)33-19)7-8-27(16)12-13-1-2-13/h3-4,13,16,19,28H,1-2,5-12H2/t16-,19-,20+,21-/m1/s1. The highest BCUT2D eigenvalue weighted by Gasteiger charge is 2.77. The molecule has 2 spiro atoms. The zero-order chi connectivity index (χ0) is 24.4. The summed E-state index contributed by atoms with van der Waals surface area (Å²) in [5.41, 5.74) is -6.46. The van der Waals surface area contributed by atoms with Crippen molar-refractivity contribution in [1.29, 1.82) is 0 Å². The highest BCUT2D eigenvalue weighted by Crippen LogP contribution is 2.68. The summed E-state index contributed by atoms with van der Waals surface area (Å²) in [6, 6.07) is 2.64. The van der Waals surface area contributed by atoms with Crippen LogP contribution in [0.25, 0.3) is 0 Å². The van der Waals surface area contributed by atoms with Crippen molar-refractivity contribution in [3.8, 4) is 11.5 Å². The number of hydrogen-bond acceptors (Lipinski definition) is 8. The van der Waals surface area contributed by atoms with Crippen molar-refractivity contribution in [3.05, 3.63) is 23.3 Å². The quantitative estimate of drug-likeness (QED) is 0.480. The first-order valence-corrected chi connectivity index (χ1v) is 13.5. The first-order valence-electron chi connectivity index (χ1n) is 12.1. The molecule has 6 aliphatic rings. The summed E-state index contributed by atoms with van der Waals surface area (Å²) in [4.78, 5) is 2.35. The van der Waals surface area contributed by atoms with Crippen LogP contribution in [0.3, 0.4) is 0 Å². The van der Waals surface area contributed by atoms with Gasteiger partial charge in [-0.2, -0.15) is 21.6 Å². The minimum absolute atomic E-state index is 0.0618.